The summed E-state index contributed by atoms with van der Waals surface area (Å²) in [6.45, 7) is 0.216. The van der Waals surface area contributed by atoms with Gasteiger partial charge in [0.05, 0.1) is 6.54 Å². The zero-order chi connectivity index (χ0) is 15.8. The number of aromatic nitrogens is 1. The molecule has 3 N–H and O–H groups in total. The molecule has 0 radical (unpaired) electrons. The van der Waals surface area contributed by atoms with Crippen molar-refractivity contribution in [3.05, 3.63) is 59.2 Å². The smallest absolute Gasteiger partial charge is 0.315 e. The SMILES string of the molecule is O=C(CNC(=O)NCc1ccc(Cl)cc1)Nc1ccccn1. The number of carbonyl (C=O) groups is 2. The van der Waals surface area contributed by atoms with Gasteiger partial charge in [-0.3, -0.25) is 4.79 Å². The van der Waals surface area contributed by atoms with Crippen LogP contribution in [0.1, 0.15) is 5.56 Å². The minimum absolute atomic E-state index is 0.136. The molecule has 0 bridgehead atoms. The van der Waals surface area contributed by atoms with Crippen LogP contribution in [0.25, 0.3) is 0 Å². The maximum atomic E-state index is 11.6. The van der Waals surface area contributed by atoms with Crippen molar-refractivity contribution >= 4 is 29.4 Å². The van der Waals surface area contributed by atoms with E-state index in [-0.39, 0.29) is 12.5 Å². The highest BCUT2D eigenvalue weighted by Crippen LogP contribution is 2.08. The van der Waals surface area contributed by atoms with Crippen molar-refractivity contribution in [2.45, 2.75) is 6.54 Å². The maximum absolute atomic E-state index is 11.6. The van der Waals surface area contributed by atoms with Gasteiger partial charge in [0, 0.05) is 17.8 Å². The van der Waals surface area contributed by atoms with E-state index >= 15 is 0 Å². The Balaban J connectivity index is 1.69. The van der Waals surface area contributed by atoms with Crippen LogP contribution < -0.4 is 16.0 Å². The molecule has 0 atom stereocenters. The van der Waals surface area contributed by atoms with Gasteiger partial charge in [-0.05, 0) is 29.8 Å². The molecule has 114 valence electrons. The van der Waals surface area contributed by atoms with E-state index in [1.54, 1.807) is 36.5 Å². The van der Waals surface area contributed by atoms with Gasteiger partial charge in [0.2, 0.25) is 5.91 Å². The molecule has 2 aromatic rings. The molecule has 0 aliphatic rings. The summed E-state index contributed by atoms with van der Waals surface area (Å²) in [5, 5.41) is 8.33. The lowest BCUT2D eigenvalue weighted by Gasteiger charge is -2.08. The van der Waals surface area contributed by atoms with Gasteiger partial charge in [-0.25, -0.2) is 9.78 Å². The van der Waals surface area contributed by atoms with Gasteiger partial charge in [0.15, 0.2) is 0 Å². The molecule has 0 unspecified atom stereocenters. The molecule has 7 heteroatoms. The van der Waals surface area contributed by atoms with Crippen molar-refractivity contribution in [2.24, 2.45) is 0 Å². The van der Waals surface area contributed by atoms with Gasteiger partial charge < -0.3 is 16.0 Å². The molecule has 1 aromatic carbocycles. The minimum Gasteiger partial charge on any atom is -0.334 e. The molecular formula is C15H15ClN4O2. The molecule has 0 aliphatic carbocycles. The van der Waals surface area contributed by atoms with E-state index < -0.39 is 6.03 Å². The van der Waals surface area contributed by atoms with Gasteiger partial charge in [-0.1, -0.05) is 29.8 Å². The third-order valence-electron chi connectivity index (χ3n) is 2.71. The normalized spacial score (nSPS) is 9.86. The van der Waals surface area contributed by atoms with E-state index in [9.17, 15) is 9.59 Å². The lowest BCUT2D eigenvalue weighted by molar-refractivity contribution is -0.115. The van der Waals surface area contributed by atoms with Gasteiger partial charge in [-0.15, -0.1) is 0 Å². The topological polar surface area (TPSA) is 83.1 Å². The van der Waals surface area contributed by atoms with Crippen LogP contribution in [0.15, 0.2) is 48.7 Å². The predicted molar refractivity (Wildman–Crippen MR) is 84.6 cm³/mol. The fourth-order valence-corrected chi connectivity index (χ4v) is 1.76. The third kappa shape index (κ3) is 5.41. The zero-order valence-electron chi connectivity index (χ0n) is 11.7. The number of nitrogens with one attached hydrogen (secondary N) is 3. The number of urea groups is 1. The summed E-state index contributed by atoms with van der Waals surface area (Å²) in [6, 6.07) is 11.9. The van der Waals surface area contributed by atoms with Crippen molar-refractivity contribution in [3.8, 4) is 0 Å². The first-order chi connectivity index (χ1) is 10.6. The van der Waals surface area contributed by atoms with Gasteiger partial charge in [0.1, 0.15) is 5.82 Å². The Morgan fingerprint density at radius 2 is 1.82 bits per heavy atom. The number of hydrogen-bond donors (Lipinski definition) is 3. The predicted octanol–water partition coefficient (Wildman–Crippen LogP) is 2.17. The molecular weight excluding hydrogens is 304 g/mol. The number of halogens is 1. The van der Waals surface area contributed by atoms with Crippen molar-refractivity contribution in [3.63, 3.8) is 0 Å². The van der Waals surface area contributed by atoms with Gasteiger partial charge in [0.25, 0.3) is 0 Å². The number of nitrogens with zero attached hydrogens (tertiary/aromatic N) is 1. The number of rotatable bonds is 5. The Bertz CT molecular complexity index is 632. The largest absolute Gasteiger partial charge is 0.334 e. The molecule has 0 spiro atoms. The number of benzene rings is 1. The van der Waals surface area contributed by atoms with E-state index in [1.807, 2.05) is 12.1 Å². The van der Waals surface area contributed by atoms with Crippen molar-refractivity contribution in [1.29, 1.82) is 0 Å². The second kappa shape index (κ2) is 7.99. The standard InChI is InChI=1S/C15H15ClN4O2/c16-12-6-4-11(5-7-12)9-18-15(22)19-10-14(21)20-13-3-1-2-8-17-13/h1-8H,9-10H2,(H,17,20,21)(H2,18,19,22). The number of amides is 3. The Hall–Kier alpha value is -2.60. The lowest BCUT2D eigenvalue weighted by Crippen LogP contribution is -2.39. The fourth-order valence-electron chi connectivity index (χ4n) is 1.63. The number of carbonyl (C=O) groups excluding carboxylic acids is 2. The Morgan fingerprint density at radius 3 is 2.50 bits per heavy atom. The highest BCUT2D eigenvalue weighted by Gasteiger charge is 2.06. The van der Waals surface area contributed by atoms with Crippen LogP contribution in [0, 0.1) is 0 Å². The first kappa shape index (κ1) is 15.8. The average Bonchev–Trinajstić information content (AvgIpc) is 2.53. The van der Waals surface area contributed by atoms with Gasteiger partial charge in [-0.2, -0.15) is 0 Å². The highest BCUT2D eigenvalue weighted by atomic mass is 35.5. The molecule has 3 amide bonds. The second-order valence-electron chi connectivity index (χ2n) is 4.43. The average molecular weight is 319 g/mol. The summed E-state index contributed by atoms with van der Waals surface area (Å²) in [7, 11) is 0. The molecule has 1 heterocycles. The van der Waals surface area contributed by atoms with Crippen LogP contribution in [0.4, 0.5) is 10.6 Å². The van der Waals surface area contributed by atoms with Crippen LogP contribution in [0.2, 0.25) is 5.02 Å². The summed E-state index contributed by atoms with van der Waals surface area (Å²) in [4.78, 5) is 27.2. The zero-order valence-corrected chi connectivity index (χ0v) is 12.4. The van der Waals surface area contributed by atoms with E-state index in [0.717, 1.165) is 5.56 Å². The summed E-state index contributed by atoms with van der Waals surface area (Å²) in [5.41, 5.74) is 0.914. The van der Waals surface area contributed by atoms with Crippen molar-refractivity contribution < 1.29 is 9.59 Å². The van der Waals surface area contributed by atoms with E-state index in [4.69, 9.17) is 11.6 Å². The number of anilines is 1. The van der Waals surface area contributed by atoms with Crippen LogP contribution in [0.3, 0.4) is 0 Å². The fraction of sp³-hybridized carbons (Fsp3) is 0.133. The molecule has 0 saturated carbocycles. The molecule has 2 rings (SSSR count). The van der Waals surface area contributed by atoms with Crippen LogP contribution in [0.5, 0.6) is 0 Å². The summed E-state index contributed by atoms with van der Waals surface area (Å²) in [6.07, 6.45) is 1.57. The quantitative estimate of drug-likeness (QED) is 0.790. The Labute approximate surface area is 132 Å². The summed E-state index contributed by atoms with van der Waals surface area (Å²) < 4.78 is 0. The van der Waals surface area contributed by atoms with E-state index in [0.29, 0.717) is 17.4 Å². The van der Waals surface area contributed by atoms with Crippen LogP contribution >= 0.6 is 11.6 Å². The van der Waals surface area contributed by atoms with Crippen LogP contribution in [-0.4, -0.2) is 23.5 Å². The van der Waals surface area contributed by atoms with E-state index in [2.05, 4.69) is 20.9 Å². The number of hydrogen-bond acceptors (Lipinski definition) is 3. The molecule has 0 saturated heterocycles. The maximum Gasteiger partial charge on any atom is 0.315 e. The first-order valence-corrected chi connectivity index (χ1v) is 6.98. The van der Waals surface area contributed by atoms with Crippen molar-refractivity contribution in [1.82, 2.24) is 15.6 Å². The first-order valence-electron chi connectivity index (χ1n) is 6.60. The third-order valence-corrected chi connectivity index (χ3v) is 2.96. The minimum atomic E-state index is -0.425. The Kier molecular flexibility index (Phi) is 5.73. The molecule has 22 heavy (non-hydrogen) atoms. The molecule has 0 aliphatic heterocycles. The number of pyridine rings is 1. The summed E-state index contributed by atoms with van der Waals surface area (Å²) >= 11 is 5.78. The highest BCUT2D eigenvalue weighted by molar-refractivity contribution is 6.30. The molecule has 6 nitrogen and oxygen atoms in total. The van der Waals surface area contributed by atoms with Gasteiger partial charge >= 0.3 is 6.03 Å². The van der Waals surface area contributed by atoms with Crippen molar-refractivity contribution in [2.75, 3.05) is 11.9 Å². The summed E-state index contributed by atoms with van der Waals surface area (Å²) in [5.74, 6) is 0.0937. The second-order valence-corrected chi connectivity index (χ2v) is 4.86. The van der Waals surface area contributed by atoms with E-state index in [1.165, 1.54) is 0 Å². The lowest BCUT2D eigenvalue weighted by atomic mass is 10.2. The van der Waals surface area contributed by atoms with Crippen LogP contribution in [-0.2, 0) is 11.3 Å². The molecule has 1 aromatic heterocycles. The molecule has 0 fully saturated rings. The monoisotopic (exact) mass is 318 g/mol. The Morgan fingerprint density at radius 1 is 1.05 bits per heavy atom.